The Morgan fingerprint density at radius 2 is 1.46 bits per heavy atom. The molecule has 0 heterocycles. The third kappa shape index (κ3) is 5.05. The van der Waals surface area contributed by atoms with E-state index in [0.29, 0.717) is 29.5 Å². The zero-order chi connectivity index (χ0) is 19.1. The van der Waals surface area contributed by atoms with Gasteiger partial charge < -0.3 is 24.3 Å². The first-order valence-electron chi connectivity index (χ1n) is 8.27. The summed E-state index contributed by atoms with van der Waals surface area (Å²) in [6.07, 6.45) is 0.226. The van der Waals surface area contributed by atoms with Gasteiger partial charge in [0.1, 0.15) is 5.75 Å². The predicted octanol–water partition coefficient (Wildman–Crippen LogP) is 3.74. The minimum absolute atomic E-state index is 0.163. The molecular formula is C20H25NO5. The van der Waals surface area contributed by atoms with Crippen molar-refractivity contribution in [3.05, 3.63) is 41.5 Å². The summed E-state index contributed by atoms with van der Waals surface area (Å²) < 4.78 is 21.5. The second-order valence-corrected chi connectivity index (χ2v) is 5.88. The van der Waals surface area contributed by atoms with Crippen LogP contribution < -0.4 is 24.3 Å². The Labute approximate surface area is 154 Å². The van der Waals surface area contributed by atoms with Gasteiger partial charge in [-0.3, -0.25) is 4.79 Å². The Kier molecular flexibility index (Phi) is 6.72. The lowest BCUT2D eigenvalue weighted by Gasteiger charge is -2.14. The average molecular weight is 359 g/mol. The van der Waals surface area contributed by atoms with Gasteiger partial charge in [-0.25, -0.2) is 0 Å². The maximum Gasteiger partial charge on any atom is 0.227 e. The van der Waals surface area contributed by atoms with Crippen molar-refractivity contribution in [3.63, 3.8) is 0 Å². The zero-order valence-corrected chi connectivity index (χ0v) is 15.8. The Hall–Kier alpha value is -2.89. The highest BCUT2D eigenvalue weighted by Gasteiger charge is 2.14. The van der Waals surface area contributed by atoms with E-state index in [9.17, 15) is 4.79 Å². The molecule has 0 aliphatic carbocycles. The van der Waals surface area contributed by atoms with Gasteiger partial charge in [-0.05, 0) is 37.1 Å². The summed E-state index contributed by atoms with van der Waals surface area (Å²) in [5, 5.41) is 2.82. The first-order chi connectivity index (χ1) is 12.5. The van der Waals surface area contributed by atoms with Gasteiger partial charge in [-0.15, -0.1) is 0 Å². The average Bonchev–Trinajstić information content (AvgIpc) is 2.59. The molecule has 0 bridgehead atoms. The molecule has 0 fully saturated rings. The fraction of sp³-hybridized carbons (Fsp3) is 0.350. The second kappa shape index (κ2) is 8.99. The molecule has 1 N–H and O–H groups in total. The number of anilines is 1. The molecule has 6 nitrogen and oxygen atoms in total. The standard InChI is InChI=1S/C20H25NO5/c1-13-8-14(2)10-16(9-13)26-7-6-19(22)21-15-11-17(23-3)20(25-5)18(12-15)24-4/h8-12H,6-7H2,1-5H3,(H,21,22). The molecule has 2 aromatic carbocycles. The normalized spacial score (nSPS) is 10.2. The van der Waals surface area contributed by atoms with Crippen LogP contribution in [0.15, 0.2) is 30.3 Å². The minimum atomic E-state index is -0.163. The molecule has 6 heteroatoms. The van der Waals surface area contributed by atoms with Crippen molar-refractivity contribution >= 4 is 11.6 Å². The third-order valence-corrected chi connectivity index (χ3v) is 3.74. The van der Waals surface area contributed by atoms with E-state index in [2.05, 4.69) is 11.4 Å². The molecule has 0 spiro atoms. The van der Waals surface area contributed by atoms with E-state index >= 15 is 0 Å². The molecule has 0 unspecified atom stereocenters. The lowest BCUT2D eigenvalue weighted by molar-refractivity contribution is -0.116. The van der Waals surface area contributed by atoms with E-state index in [0.717, 1.165) is 16.9 Å². The van der Waals surface area contributed by atoms with Gasteiger partial charge in [-0.2, -0.15) is 0 Å². The number of nitrogens with one attached hydrogen (secondary N) is 1. The maximum absolute atomic E-state index is 12.2. The van der Waals surface area contributed by atoms with E-state index in [1.54, 1.807) is 12.1 Å². The SMILES string of the molecule is COc1cc(NC(=O)CCOc2cc(C)cc(C)c2)cc(OC)c1OC. The number of hydrogen-bond donors (Lipinski definition) is 1. The predicted molar refractivity (Wildman–Crippen MR) is 101 cm³/mol. The number of rotatable bonds is 8. The summed E-state index contributed by atoms with van der Waals surface area (Å²) in [5.41, 5.74) is 2.82. The van der Waals surface area contributed by atoms with Crippen LogP contribution in [-0.4, -0.2) is 33.8 Å². The molecule has 0 radical (unpaired) electrons. The first kappa shape index (κ1) is 19.4. The van der Waals surface area contributed by atoms with Gasteiger partial charge in [0.2, 0.25) is 11.7 Å². The van der Waals surface area contributed by atoms with Crippen LogP contribution in [0.3, 0.4) is 0 Å². The van der Waals surface area contributed by atoms with Gasteiger partial charge in [0, 0.05) is 17.8 Å². The lowest BCUT2D eigenvalue weighted by atomic mass is 10.1. The van der Waals surface area contributed by atoms with Crippen LogP contribution in [0.25, 0.3) is 0 Å². The fourth-order valence-electron chi connectivity index (χ4n) is 2.65. The fourth-order valence-corrected chi connectivity index (χ4v) is 2.65. The van der Waals surface area contributed by atoms with Crippen LogP contribution in [0.5, 0.6) is 23.0 Å². The quantitative estimate of drug-likeness (QED) is 0.778. The molecule has 140 valence electrons. The van der Waals surface area contributed by atoms with Crippen LogP contribution in [0.1, 0.15) is 17.5 Å². The Morgan fingerprint density at radius 3 is 1.96 bits per heavy atom. The Bertz CT molecular complexity index is 728. The molecule has 26 heavy (non-hydrogen) atoms. The molecule has 0 aliphatic rings. The van der Waals surface area contributed by atoms with E-state index < -0.39 is 0 Å². The van der Waals surface area contributed by atoms with Crippen molar-refractivity contribution in [2.45, 2.75) is 20.3 Å². The maximum atomic E-state index is 12.2. The zero-order valence-electron chi connectivity index (χ0n) is 15.8. The number of hydrogen-bond acceptors (Lipinski definition) is 5. The van der Waals surface area contributed by atoms with Crippen molar-refractivity contribution in [2.75, 3.05) is 33.3 Å². The summed E-state index contributed by atoms with van der Waals surface area (Å²) in [6.45, 7) is 4.31. The molecule has 0 saturated heterocycles. The largest absolute Gasteiger partial charge is 0.493 e. The smallest absolute Gasteiger partial charge is 0.227 e. The van der Waals surface area contributed by atoms with E-state index in [1.807, 2.05) is 26.0 Å². The highest BCUT2D eigenvalue weighted by Crippen LogP contribution is 2.39. The topological polar surface area (TPSA) is 66.0 Å². The van der Waals surface area contributed by atoms with Crippen molar-refractivity contribution in [1.82, 2.24) is 0 Å². The number of methoxy groups -OCH3 is 3. The molecule has 0 saturated carbocycles. The van der Waals surface area contributed by atoms with Crippen molar-refractivity contribution < 1.29 is 23.7 Å². The van der Waals surface area contributed by atoms with Crippen LogP contribution in [0.2, 0.25) is 0 Å². The lowest BCUT2D eigenvalue weighted by Crippen LogP contribution is -2.15. The van der Waals surface area contributed by atoms with E-state index in [-0.39, 0.29) is 12.3 Å². The summed E-state index contributed by atoms with van der Waals surface area (Å²) in [5.74, 6) is 2.04. The monoisotopic (exact) mass is 359 g/mol. The first-order valence-corrected chi connectivity index (χ1v) is 8.27. The molecule has 1 amide bonds. The van der Waals surface area contributed by atoms with Crippen LogP contribution in [0, 0.1) is 13.8 Å². The summed E-state index contributed by atoms with van der Waals surface area (Å²) >= 11 is 0. The molecule has 0 aliphatic heterocycles. The van der Waals surface area contributed by atoms with Gasteiger partial charge >= 0.3 is 0 Å². The highest BCUT2D eigenvalue weighted by molar-refractivity contribution is 5.91. The second-order valence-electron chi connectivity index (χ2n) is 5.88. The molecule has 0 atom stereocenters. The number of aryl methyl sites for hydroxylation is 2. The third-order valence-electron chi connectivity index (χ3n) is 3.74. The van der Waals surface area contributed by atoms with Gasteiger partial charge in [0.25, 0.3) is 0 Å². The highest BCUT2D eigenvalue weighted by atomic mass is 16.5. The molecule has 2 aromatic rings. The number of ether oxygens (including phenoxy) is 4. The molecular weight excluding hydrogens is 334 g/mol. The minimum Gasteiger partial charge on any atom is -0.493 e. The molecule has 0 aromatic heterocycles. The van der Waals surface area contributed by atoms with Gasteiger partial charge in [0.15, 0.2) is 11.5 Å². The number of carbonyl (C=O) groups is 1. The summed E-state index contributed by atoms with van der Waals surface area (Å²) in [7, 11) is 4.59. The number of amides is 1. The van der Waals surface area contributed by atoms with Crippen molar-refractivity contribution in [1.29, 1.82) is 0 Å². The van der Waals surface area contributed by atoms with Gasteiger partial charge in [-0.1, -0.05) is 6.07 Å². The van der Waals surface area contributed by atoms with Crippen molar-refractivity contribution in [2.24, 2.45) is 0 Å². The van der Waals surface area contributed by atoms with E-state index in [1.165, 1.54) is 21.3 Å². The number of carbonyl (C=O) groups excluding carboxylic acids is 1. The van der Waals surface area contributed by atoms with E-state index in [4.69, 9.17) is 18.9 Å². The van der Waals surface area contributed by atoms with Gasteiger partial charge in [0.05, 0.1) is 34.4 Å². The Balaban J connectivity index is 1.97. The van der Waals surface area contributed by atoms with Crippen molar-refractivity contribution in [3.8, 4) is 23.0 Å². The summed E-state index contributed by atoms with van der Waals surface area (Å²) in [4.78, 5) is 12.2. The van der Waals surface area contributed by atoms with Crippen LogP contribution in [0.4, 0.5) is 5.69 Å². The van der Waals surface area contributed by atoms with Crippen LogP contribution >= 0.6 is 0 Å². The Morgan fingerprint density at radius 1 is 0.885 bits per heavy atom. The van der Waals surface area contributed by atoms with Crippen LogP contribution in [-0.2, 0) is 4.79 Å². The number of benzene rings is 2. The molecule has 2 rings (SSSR count). The summed E-state index contributed by atoms with van der Waals surface area (Å²) in [6, 6.07) is 9.34.